The fourth-order valence-electron chi connectivity index (χ4n) is 1.60. The first kappa shape index (κ1) is 13.9. The van der Waals surface area contributed by atoms with Crippen molar-refractivity contribution in [2.24, 2.45) is 0 Å². The minimum Gasteiger partial charge on any atom is -0.354 e. The lowest BCUT2D eigenvalue weighted by atomic mass is 10.3. The summed E-state index contributed by atoms with van der Waals surface area (Å²) >= 11 is 1.42. The van der Waals surface area contributed by atoms with Crippen LogP contribution in [0.1, 0.15) is 0 Å². The number of carbonyl (C=O) groups excluding carboxylic acids is 1. The van der Waals surface area contributed by atoms with Gasteiger partial charge in [-0.2, -0.15) is 0 Å². The molecule has 0 spiro atoms. The summed E-state index contributed by atoms with van der Waals surface area (Å²) in [6, 6.07) is 7.84. The molecule has 2 N–H and O–H groups in total. The number of hydrogen-bond donors (Lipinski definition) is 2. The van der Waals surface area contributed by atoms with Gasteiger partial charge in [0, 0.05) is 13.1 Å². The molecule has 2 aromatic rings. The number of thioether (sulfide) groups is 1. The van der Waals surface area contributed by atoms with Crippen molar-refractivity contribution in [2.45, 2.75) is 5.16 Å². The molecule has 2 rings (SSSR count). The van der Waals surface area contributed by atoms with Crippen LogP contribution in [0.2, 0.25) is 0 Å². The number of para-hydroxylation sites is 2. The average Bonchev–Trinajstić information content (AvgIpc) is 2.78. The third kappa shape index (κ3) is 4.25. The number of aromatic amines is 1. The number of hydrogen-bond acceptors (Lipinski definition) is 4. The highest BCUT2D eigenvalue weighted by Gasteiger charge is 2.06. The molecule has 1 aromatic heterocycles. The van der Waals surface area contributed by atoms with Gasteiger partial charge < -0.3 is 15.2 Å². The Bertz CT molecular complexity index is 519. The number of nitrogens with one attached hydrogen (secondary N) is 2. The smallest absolute Gasteiger partial charge is 0.230 e. The van der Waals surface area contributed by atoms with Gasteiger partial charge in [-0.15, -0.1) is 0 Å². The molecule has 0 radical (unpaired) electrons. The molecule has 6 heteroatoms. The molecule has 0 aliphatic heterocycles. The van der Waals surface area contributed by atoms with Crippen molar-refractivity contribution < 1.29 is 4.79 Å². The van der Waals surface area contributed by atoms with E-state index in [1.807, 2.05) is 43.3 Å². The predicted octanol–water partition coefficient (Wildman–Crippen LogP) is 1.33. The third-order valence-corrected chi connectivity index (χ3v) is 3.46. The summed E-state index contributed by atoms with van der Waals surface area (Å²) in [6.45, 7) is 1.52. The number of carbonyl (C=O) groups is 1. The second-order valence-electron chi connectivity index (χ2n) is 4.50. The molecule has 0 saturated carbocycles. The van der Waals surface area contributed by atoms with E-state index in [0.29, 0.717) is 12.3 Å². The van der Waals surface area contributed by atoms with E-state index in [2.05, 4.69) is 15.3 Å². The number of imidazole rings is 1. The van der Waals surface area contributed by atoms with Crippen molar-refractivity contribution >= 4 is 28.7 Å². The topological polar surface area (TPSA) is 61.0 Å². The molecule has 0 atom stereocenters. The lowest BCUT2D eigenvalue weighted by molar-refractivity contribution is -0.118. The zero-order valence-electron chi connectivity index (χ0n) is 11.1. The van der Waals surface area contributed by atoms with Crippen LogP contribution in [0.3, 0.4) is 0 Å². The maximum absolute atomic E-state index is 11.6. The molecule has 0 aliphatic carbocycles. The van der Waals surface area contributed by atoms with Gasteiger partial charge in [0.05, 0.1) is 16.8 Å². The highest BCUT2D eigenvalue weighted by Crippen LogP contribution is 2.18. The van der Waals surface area contributed by atoms with E-state index >= 15 is 0 Å². The molecule has 1 heterocycles. The standard InChI is InChI=1S/C13H18N4OS/c1-17(2)8-7-14-12(18)9-19-13-15-10-5-3-4-6-11(10)16-13/h3-6H,7-9H2,1-2H3,(H,14,18)(H,15,16). The molecular formula is C13H18N4OS. The van der Waals surface area contributed by atoms with Crippen LogP contribution >= 0.6 is 11.8 Å². The van der Waals surface area contributed by atoms with Crippen molar-refractivity contribution in [3.05, 3.63) is 24.3 Å². The van der Waals surface area contributed by atoms with Crippen LogP contribution in [-0.4, -0.2) is 53.7 Å². The van der Waals surface area contributed by atoms with Gasteiger partial charge in [-0.1, -0.05) is 23.9 Å². The van der Waals surface area contributed by atoms with Crippen LogP contribution in [0.15, 0.2) is 29.4 Å². The fourth-order valence-corrected chi connectivity index (χ4v) is 2.32. The first-order valence-corrected chi connectivity index (χ1v) is 7.12. The Hall–Kier alpha value is -1.53. The summed E-state index contributed by atoms with van der Waals surface area (Å²) in [5.41, 5.74) is 1.93. The summed E-state index contributed by atoms with van der Waals surface area (Å²) in [5, 5.41) is 3.66. The summed E-state index contributed by atoms with van der Waals surface area (Å²) in [4.78, 5) is 21.3. The van der Waals surface area contributed by atoms with Crippen LogP contribution in [0.25, 0.3) is 11.0 Å². The number of H-pyrrole nitrogens is 1. The van der Waals surface area contributed by atoms with Crippen molar-refractivity contribution in [1.82, 2.24) is 20.2 Å². The van der Waals surface area contributed by atoms with Gasteiger partial charge in [0.1, 0.15) is 0 Å². The lowest BCUT2D eigenvalue weighted by Crippen LogP contribution is -2.32. The number of fused-ring (bicyclic) bond motifs is 1. The van der Waals surface area contributed by atoms with Gasteiger partial charge in [-0.3, -0.25) is 4.79 Å². The Labute approximate surface area is 116 Å². The average molecular weight is 278 g/mol. The molecule has 0 saturated heterocycles. The van der Waals surface area contributed by atoms with Crippen molar-refractivity contribution in [3.63, 3.8) is 0 Å². The minimum atomic E-state index is 0.0345. The molecule has 19 heavy (non-hydrogen) atoms. The van der Waals surface area contributed by atoms with E-state index in [-0.39, 0.29) is 5.91 Å². The monoisotopic (exact) mass is 278 g/mol. The van der Waals surface area contributed by atoms with E-state index in [1.165, 1.54) is 11.8 Å². The fraction of sp³-hybridized carbons (Fsp3) is 0.385. The van der Waals surface area contributed by atoms with Gasteiger partial charge in [0.25, 0.3) is 0 Å². The Morgan fingerprint density at radius 3 is 2.95 bits per heavy atom. The third-order valence-electron chi connectivity index (χ3n) is 2.59. The van der Waals surface area contributed by atoms with Crippen LogP contribution in [0.4, 0.5) is 0 Å². The number of aromatic nitrogens is 2. The minimum absolute atomic E-state index is 0.0345. The van der Waals surface area contributed by atoms with Gasteiger partial charge in [-0.05, 0) is 26.2 Å². The first-order valence-electron chi connectivity index (χ1n) is 6.14. The normalized spacial score (nSPS) is 11.1. The second kappa shape index (κ2) is 6.58. The highest BCUT2D eigenvalue weighted by atomic mass is 32.2. The molecule has 0 unspecified atom stereocenters. The van der Waals surface area contributed by atoms with Crippen LogP contribution < -0.4 is 5.32 Å². The Kier molecular flexibility index (Phi) is 4.81. The number of nitrogens with zero attached hydrogens (tertiary/aromatic N) is 2. The maximum Gasteiger partial charge on any atom is 0.230 e. The van der Waals surface area contributed by atoms with Gasteiger partial charge in [0.15, 0.2) is 5.16 Å². The quantitative estimate of drug-likeness (QED) is 0.783. The van der Waals surface area contributed by atoms with Gasteiger partial charge in [0.2, 0.25) is 5.91 Å². The molecule has 0 aliphatic rings. The Morgan fingerprint density at radius 1 is 1.42 bits per heavy atom. The summed E-state index contributed by atoms with van der Waals surface area (Å²) in [7, 11) is 3.96. The van der Waals surface area contributed by atoms with Crippen molar-refractivity contribution in [3.8, 4) is 0 Å². The zero-order valence-corrected chi connectivity index (χ0v) is 12.0. The van der Waals surface area contributed by atoms with Gasteiger partial charge in [-0.25, -0.2) is 4.98 Å². The summed E-state index contributed by atoms with van der Waals surface area (Å²) in [5.74, 6) is 0.417. The Morgan fingerprint density at radius 2 is 2.21 bits per heavy atom. The Balaban J connectivity index is 1.80. The molecule has 102 valence electrons. The maximum atomic E-state index is 11.6. The lowest BCUT2D eigenvalue weighted by Gasteiger charge is -2.09. The van der Waals surface area contributed by atoms with Crippen LogP contribution in [0.5, 0.6) is 0 Å². The van der Waals surface area contributed by atoms with Crippen LogP contribution in [-0.2, 0) is 4.79 Å². The number of benzene rings is 1. The zero-order chi connectivity index (χ0) is 13.7. The van der Waals surface area contributed by atoms with E-state index in [0.717, 1.165) is 22.7 Å². The number of amides is 1. The number of likely N-dealkylation sites (N-methyl/N-ethyl adjacent to an activating group) is 1. The first-order chi connectivity index (χ1) is 9.15. The molecule has 0 fully saturated rings. The SMILES string of the molecule is CN(C)CCNC(=O)CSc1nc2ccccc2[nH]1. The summed E-state index contributed by atoms with van der Waals surface area (Å²) < 4.78 is 0. The van der Waals surface area contributed by atoms with Crippen molar-refractivity contribution in [2.75, 3.05) is 32.9 Å². The van der Waals surface area contributed by atoms with Crippen molar-refractivity contribution in [1.29, 1.82) is 0 Å². The summed E-state index contributed by atoms with van der Waals surface area (Å²) in [6.07, 6.45) is 0. The van der Waals surface area contributed by atoms with Gasteiger partial charge >= 0.3 is 0 Å². The van der Waals surface area contributed by atoms with E-state index < -0.39 is 0 Å². The van der Waals surface area contributed by atoms with E-state index in [4.69, 9.17) is 0 Å². The van der Waals surface area contributed by atoms with E-state index in [1.54, 1.807) is 0 Å². The van der Waals surface area contributed by atoms with Crippen LogP contribution in [0, 0.1) is 0 Å². The largest absolute Gasteiger partial charge is 0.354 e. The molecule has 1 aromatic carbocycles. The number of rotatable bonds is 6. The predicted molar refractivity (Wildman–Crippen MR) is 78.4 cm³/mol. The molecule has 1 amide bonds. The molecular weight excluding hydrogens is 260 g/mol. The highest BCUT2D eigenvalue weighted by molar-refractivity contribution is 7.99. The van der Waals surface area contributed by atoms with E-state index in [9.17, 15) is 4.79 Å². The molecule has 0 bridgehead atoms. The molecule has 5 nitrogen and oxygen atoms in total. The second-order valence-corrected chi connectivity index (χ2v) is 5.47.